The van der Waals surface area contributed by atoms with E-state index in [2.05, 4.69) is 0 Å². The van der Waals surface area contributed by atoms with Gasteiger partial charge in [-0.05, 0) is 12.1 Å². The number of piperazine rings is 1. The fourth-order valence-electron chi connectivity index (χ4n) is 2.24. The summed E-state index contributed by atoms with van der Waals surface area (Å²) in [5, 5.41) is 8.55. The van der Waals surface area contributed by atoms with Gasteiger partial charge in [0, 0.05) is 31.7 Å². The van der Waals surface area contributed by atoms with Gasteiger partial charge in [0.25, 0.3) is 5.91 Å². The molecule has 1 heterocycles. The number of hydrogen-bond donors (Lipinski definition) is 1. The SMILES string of the molecule is O=C(O)CSCC(=O)N1CCN(C(=O)c2ccccc2)CC1. The van der Waals surface area contributed by atoms with Gasteiger partial charge in [0.1, 0.15) is 0 Å². The molecule has 0 spiro atoms. The molecule has 1 aromatic rings. The van der Waals surface area contributed by atoms with Gasteiger partial charge in [0.05, 0.1) is 11.5 Å². The van der Waals surface area contributed by atoms with Crippen LogP contribution in [0.25, 0.3) is 0 Å². The molecule has 2 amide bonds. The Bertz CT molecular complexity index is 542. The number of carbonyl (C=O) groups is 3. The van der Waals surface area contributed by atoms with E-state index in [0.29, 0.717) is 31.7 Å². The van der Waals surface area contributed by atoms with E-state index < -0.39 is 5.97 Å². The predicted octanol–water partition coefficient (Wildman–Crippen LogP) is 0.789. The molecule has 1 fully saturated rings. The lowest BCUT2D eigenvalue weighted by molar-refractivity contribution is -0.133. The van der Waals surface area contributed by atoms with Gasteiger partial charge in [-0.3, -0.25) is 14.4 Å². The first kappa shape index (κ1) is 16.4. The van der Waals surface area contributed by atoms with Gasteiger partial charge in [-0.1, -0.05) is 18.2 Å². The van der Waals surface area contributed by atoms with Gasteiger partial charge in [-0.15, -0.1) is 11.8 Å². The summed E-state index contributed by atoms with van der Waals surface area (Å²) in [6.07, 6.45) is 0. The van der Waals surface area contributed by atoms with Crippen molar-refractivity contribution in [3.8, 4) is 0 Å². The molecule has 1 N–H and O–H groups in total. The lowest BCUT2D eigenvalue weighted by atomic mass is 10.2. The Kier molecular flexibility index (Phi) is 5.83. The minimum atomic E-state index is -0.920. The summed E-state index contributed by atoms with van der Waals surface area (Å²) in [6.45, 7) is 1.99. The molecule has 22 heavy (non-hydrogen) atoms. The van der Waals surface area contributed by atoms with E-state index in [4.69, 9.17) is 5.11 Å². The van der Waals surface area contributed by atoms with Crippen LogP contribution in [0.4, 0.5) is 0 Å². The molecule has 0 bridgehead atoms. The van der Waals surface area contributed by atoms with Crippen molar-refractivity contribution in [3.63, 3.8) is 0 Å². The average Bonchev–Trinajstić information content (AvgIpc) is 2.54. The number of nitrogens with zero attached hydrogens (tertiary/aromatic N) is 2. The average molecular weight is 322 g/mol. The quantitative estimate of drug-likeness (QED) is 0.867. The van der Waals surface area contributed by atoms with Crippen molar-refractivity contribution in [2.24, 2.45) is 0 Å². The van der Waals surface area contributed by atoms with Gasteiger partial charge in [0.2, 0.25) is 5.91 Å². The van der Waals surface area contributed by atoms with Crippen LogP contribution < -0.4 is 0 Å². The molecule has 1 aromatic carbocycles. The summed E-state index contributed by atoms with van der Waals surface area (Å²) < 4.78 is 0. The molecule has 0 radical (unpaired) electrons. The Morgan fingerprint density at radius 1 is 0.955 bits per heavy atom. The van der Waals surface area contributed by atoms with Gasteiger partial charge < -0.3 is 14.9 Å². The third-order valence-corrected chi connectivity index (χ3v) is 4.29. The van der Waals surface area contributed by atoms with Crippen molar-refractivity contribution < 1.29 is 19.5 Å². The summed E-state index contributed by atoms with van der Waals surface area (Å²) in [5.74, 6) is -0.918. The van der Waals surface area contributed by atoms with Crippen molar-refractivity contribution in [2.75, 3.05) is 37.7 Å². The van der Waals surface area contributed by atoms with Gasteiger partial charge in [0.15, 0.2) is 0 Å². The fraction of sp³-hybridized carbons (Fsp3) is 0.400. The van der Waals surface area contributed by atoms with Crippen LogP contribution >= 0.6 is 11.8 Å². The number of aliphatic carboxylic acids is 1. The predicted molar refractivity (Wildman–Crippen MR) is 83.9 cm³/mol. The smallest absolute Gasteiger partial charge is 0.313 e. The third-order valence-electron chi connectivity index (χ3n) is 3.39. The highest BCUT2D eigenvalue weighted by atomic mass is 32.2. The van der Waals surface area contributed by atoms with E-state index in [1.165, 1.54) is 0 Å². The largest absolute Gasteiger partial charge is 0.481 e. The molecule has 0 aromatic heterocycles. The van der Waals surface area contributed by atoms with Crippen LogP contribution in [0.1, 0.15) is 10.4 Å². The lowest BCUT2D eigenvalue weighted by Crippen LogP contribution is -2.51. The number of benzene rings is 1. The summed E-state index contributed by atoms with van der Waals surface area (Å²) in [6, 6.07) is 9.08. The highest BCUT2D eigenvalue weighted by Gasteiger charge is 2.24. The summed E-state index contributed by atoms with van der Waals surface area (Å²) in [7, 11) is 0. The Labute approximate surface area is 133 Å². The van der Waals surface area contributed by atoms with Crippen molar-refractivity contribution in [1.29, 1.82) is 0 Å². The van der Waals surface area contributed by atoms with E-state index in [1.807, 2.05) is 18.2 Å². The molecule has 1 saturated heterocycles. The highest BCUT2D eigenvalue weighted by molar-refractivity contribution is 8.00. The molecular formula is C15H18N2O4S. The molecule has 0 atom stereocenters. The van der Waals surface area contributed by atoms with Crippen LogP contribution in [0.3, 0.4) is 0 Å². The number of carboxylic acids is 1. The Morgan fingerprint density at radius 3 is 2.14 bits per heavy atom. The second kappa shape index (κ2) is 7.84. The van der Waals surface area contributed by atoms with E-state index in [0.717, 1.165) is 11.8 Å². The van der Waals surface area contributed by atoms with E-state index in [-0.39, 0.29) is 23.3 Å². The molecule has 0 unspecified atom stereocenters. The number of rotatable bonds is 5. The topological polar surface area (TPSA) is 77.9 Å². The van der Waals surface area contributed by atoms with Crippen LogP contribution in [0.15, 0.2) is 30.3 Å². The highest BCUT2D eigenvalue weighted by Crippen LogP contribution is 2.10. The number of carboxylic acid groups (broad SMARTS) is 1. The number of thioether (sulfide) groups is 1. The minimum absolute atomic E-state index is 0.0204. The van der Waals surface area contributed by atoms with Crippen molar-refractivity contribution in [2.45, 2.75) is 0 Å². The first-order chi connectivity index (χ1) is 10.6. The first-order valence-electron chi connectivity index (χ1n) is 6.99. The van der Waals surface area contributed by atoms with Crippen LogP contribution in [0.5, 0.6) is 0 Å². The minimum Gasteiger partial charge on any atom is -0.481 e. The number of amides is 2. The van der Waals surface area contributed by atoms with Crippen molar-refractivity contribution >= 4 is 29.5 Å². The van der Waals surface area contributed by atoms with E-state index in [9.17, 15) is 14.4 Å². The number of hydrogen-bond acceptors (Lipinski definition) is 4. The third kappa shape index (κ3) is 4.49. The van der Waals surface area contributed by atoms with Gasteiger partial charge in [-0.2, -0.15) is 0 Å². The van der Waals surface area contributed by atoms with E-state index >= 15 is 0 Å². The maximum absolute atomic E-state index is 12.3. The molecule has 1 aliphatic rings. The Morgan fingerprint density at radius 2 is 1.55 bits per heavy atom. The zero-order valence-corrected chi connectivity index (χ0v) is 12.9. The summed E-state index contributed by atoms with van der Waals surface area (Å²) in [4.78, 5) is 38.1. The second-order valence-corrected chi connectivity index (χ2v) is 5.91. The normalized spacial score (nSPS) is 14.7. The molecule has 0 saturated carbocycles. The lowest BCUT2D eigenvalue weighted by Gasteiger charge is -2.34. The maximum Gasteiger partial charge on any atom is 0.313 e. The fourth-order valence-corrected chi connectivity index (χ4v) is 2.87. The zero-order chi connectivity index (χ0) is 15.9. The van der Waals surface area contributed by atoms with Gasteiger partial charge >= 0.3 is 5.97 Å². The standard InChI is InChI=1S/C15H18N2O4S/c18-13(10-22-11-14(19)20)16-6-8-17(9-7-16)15(21)12-4-2-1-3-5-12/h1-5H,6-11H2,(H,19,20). The molecule has 7 heteroatoms. The maximum atomic E-state index is 12.3. The molecule has 2 rings (SSSR count). The Balaban J connectivity index is 1.79. The van der Waals surface area contributed by atoms with Crippen LogP contribution in [-0.4, -0.2) is 70.4 Å². The van der Waals surface area contributed by atoms with Crippen LogP contribution in [0.2, 0.25) is 0 Å². The molecule has 0 aliphatic carbocycles. The van der Waals surface area contributed by atoms with Crippen LogP contribution in [-0.2, 0) is 9.59 Å². The summed E-state index contributed by atoms with van der Waals surface area (Å²) in [5.41, 5.74) is 0.652. The first-order valence-corrected chi connectivity index (χ1v) is 8.15. The molecular weight excluding hydrogens is 304 g/mol. The second-order valence-electron chi connectivity index (χ2n) is 4.93. The zero-order valence-electron chi connectivity index (χ0n) is 12.1. The van der Waals surface area contributed by atoms with E-state index in [1.54, 1.807) is 21.9 Å². The monoisotopic (exact) mass is 322 g/mol. The van der Waals surface area contributed by atoms with Gasteiger partial charge in [-0.25, -0.2) is 0 Å². The molecule has 1 aliphatic heterocycles. The molecule has 6 nitrogen and oxygen atoms in total. The van der Waals surface area contributed by atoms with Crippen molar-refractivity contribution in [1.82, 2.24) is 9.80 Å². The number of carbonyl (C=O) groups excluding carboxylic acids is 2. The van der Waals surface area contributed by atoms with Crippen LogP contribution in [0, 0.1) is 0 Å². The van der Waals surface area contributed by atoms with Crippen molar-refractivity contribution in [3.05, 3.63) is 35.9 Å². The Hall–Kier alpha value is -2.02. The summed E-state index contributed by atoms with van der Waals surface area (Å²) >= 11 is 1.10. The molecule has 118 valence electrons.